The van der Waals surface area contributed by atoms with Crippen LogP contribution in [0.3, 0.4) is 0 Å². The molecule has 1 aliphatic heterocycles. The second kappa shape index (κ2) is 9.77. The number of rotatable bonds is 7. The van der Waals surface area contributed by atoms with E-state index in [1.165, 1.54) is 12.1 Å². The molecule has 0 aliphatic carbocycles. The van der Waals surface area contributed by atoms with Gasteiger partial charge in [0, 0.05) is 18.2 Å². The van der Waals surface area contributed by atoms with E-state index in [2.05, 4.69) is 15.4 Å². The van der Waals surface area contributed by atoms with E-state index in [9.17, 15) is 22.8 Å². The monoisotopic (exact) mass is 401 g/mol. The quantitative estimate of drug-likeness (QED) is 0.736. The molecule has 2 rings (SSSR count). The molecule has 2 N–H and O–H groups in total. The summed E-state index contributed by atoms with van der Waals surface area (Å²) in [6, 6.07) is 4.60. The third-order valence-corrected chi connectivity index (χ3v) is 4.73. The Morgan fingerprint density at radius 1 is 1.21 bits per heavy atom. The Hall–Kier alpha value is -2.29. The lowest BCUT2D eigenvalue weighted by Gasteiger charge is -2.34. The predicted octanol–water partition coefficient (Wildman–Crippen LogP) is 3.15. The van der Waals surface area contributed by atoms with E-state index in [1.54, 1.807) is 6.92 Å². The minimum absolute atomic E-state index is 0.0285. The van der Waals surface area contributed by atoms with E-state index in [1.807, 2.05) is 11.8 Å². The van der Waals surface area contributed by atoms with Gasteiger partial charge in [-0.1, -0.05) is 6.92 Å². The number of halogens is 3. The molecular formula is C19H26F3N3O3. The molecule has 1 atom stereocenters. The molecule has 0 bridgehead atoms. The van der Waals surface area contributed by atoms with E-state index >= 15 is 0 Å². The molecule has 0 spiro atoms. The van der Waals surface area contributed by atoms with Crippen molar-refractivity contribution in [2.45, 2.75) is 45.5 Å². The number of hydrogen-bond donors (Lipinski definition) is 2. The van der Waals surface area contributed by atoms with Gasteiger partial charge in [-0.25, -0.2) is 0 Å². The van der Waals surface area contributed by atoms with Gasteiger partial charge in [-0.2, -0.15) is 0 Å². The molecular weight excluding hydrogens is 375 g/mol. The summed E-state index contributed by atoms with van der Waals surface area (Å²) >= 11 is 0. The van der Waals surface area contributed by atoms with Crippen molar-refractivity contribution in [1.29, 1.82) is 0 Å². The summed E-state index contributed by atoms with van der Waals surface area (Å²) in [6.07, 6.45) is -2.47. The lowest BCUT2D eigenvalue weighted by Crippen LogP contribution is -2.48. The standard InChI is InChI=1S/C19H26F3N3O3/c1-3-10-23-18(27)14-8-11-25(12-9-14)13(2)17(26)24-15-4-6-16(7-5-15)28-19(20,21)22/h4-7,13-14H,3,8-12H2,1-2H3,(H,23,27)(H,24,26). The molecule has 1 unspecified atom stereocenters. The van der Waals surface area contributed by atoms with Crippen molar-refractivity contribution in [3.05, 3.63) is 24.3 Å². The number of carbonyl (C=O) groups excluding carboxylic acids is 2. The number of benzene rings is 1. The highest BCUT2D eigenvalue weighted by Crippen LogP contribution is 2.24. The third kappa shape index (κ3) is 6.70. The Balaban J connectivity index is 1.82. The Morgan fingerprint density at radius 2 is 1.82 bits per heavy atom. The molecule has 0 saturated carbocycles. The first-order valence-corrected chi connectivity index (χ1v) is 9.38. The van der Waals surface area contributed by atoms with Gasteiger partial charge < -0.3 is 15.4 Å². The zero-order valence-corrected chi connectivity index (χ0v) is 16.0. The summed E-state index contributed by atoms with van der Waals surface area (Å²) in [6.45, 7) is 5.72. The zero-order valence-electron chi connectivity index (χ0n) is 16.0. The van der Waals surface area contributed by atoms with Gasteiger partial charge in [-0.3, -0.25) is 14.5 Å². The molecule has 2 amide bonds. The number of carbonyl (C=O) groups is 2. The van der Waals surface area contributed by atoms with Crippen LogP contribution in [0.1, 0.15) is 33.1 Å². The summed E-state index contributed by atoms with van der Waals surface area (Å²) in [7, 11) is 0. The van der Waals surface area contributed by atoms with E-state index in [0.717, 1.165) is 18.6 Å². The van der Waals surface area contributed by atoms with Crippen molar-refractivity contribution in [2.24, 2.45) is 5.92 Å². The van der Waals surface area contributed by atoms with Crippen LogP contribution < -0.4 is 15.4 Å². The first kappa shape index (κ1) is 22.0. The maximum absolute atomic E-state index is 12.4. The molecule has 9 heteroatoms. The van der Waals surface area contributed by atoms with Gasteiger partial charge >= 0.3 is 6.36 Å². The minimum atomic E-state index is -4.75. The van der Waals surface area contributed by atoms with Crippen LogP contribution in [-0.4, -0.2) is 48.8 Å². The number of amides is 2. The summed E-state index contributed by atoms with van der Waals surface area (Å²) in [4.78, 5) is 26.5. The van der Waals surface area contributed by atoms with Crippen LogP contribution in [0.4, 0.5) is 18.9 Å². The third-order valence-electron chi connectivity index (χ3n) is 4.73. The minimum Gasteiger partial charge on any atom is -0.406 e. The van der Waals surface area contributed by atoms with Crippen molar-refractivity contribution in [1.82, 2.24) is 10.2 Å². The summed E-state index contributed by atoms with van der Waals surface area (Å²) < 4.78 is 40.3. The van der Waals surface area contributed by atoms with Crippen LogP contribution >= 0.6 is 0 Å². The van der Waals surface area contributed by atoms with Gasteiger partial charge in [-0.05, 0) is 63.5 Å². The number of nitrogens with one attached hydrogen (secondary N) is 2. The van der Waals surface area contributed by atoms with Crippen molar-refractivity contribution >= 4 is 17.5 Å². The summed E-state index contributed by atoms with van der Waals surface area (Å²) in [5.41, 5.74) is 0.389. The van der Waals surface area contributed by atoms with Crippen LogP contribution in [0.2, 0.25) is 0 Å². The topological polar surface area (TPSA) is 70.7 Å². The molecule has 1 saturated heterocycles. The Bertz CT molecular complexity index is 657. The normalized spacial score (nSPS) is 17.0. The molecule has 28 heavy (non-hydrogen) atoms. The van der Waals surface area contributed by atoms with E-state index in [-0.39, 0.29) is 23.5 Å². The lowest BCUT2D eigenvalue weighted by molar-refractivity contribution is -0.274. The van der Waals surface area contributed by atoms with Gasteiger partial charge in [0.2, 0.25) is 11.8 Å². The average molecular weight is 401 g/mol. The summed E-state index contributed by atoms with van der Waals surface area (Å²) in [5, 5.41) is 5.60. The predicted molar refractivity (Wildman–Crippen MR) is 98.8 cm³/mol. The number of alkyl halides is 3. The molecule has 1 aliphatic rings. The van der Waals surface area contributed by atoms with Crippen LogP contribution in [0.15, 0.2) is 24.3 Å². The molecule has 156 valence electrons. The molecule has 1 fully saturated rings. The van der Waals surface area contributed by atoms with Gasteiger partial charge in [0.1, 0.15) is 5.75 Å². The van der Waals surface area contributed by atoms with E-state index in [4.69, 9.17) is 0 Å². The fraction of sp³-hybridized carbons (Fsp3) is 0.579. The fourth-order valence-electron chi connectivity index (χ4n) is 3.09. The number of piperidine rings is 1. The van der Waals surface area contributed by atoms with E-state index in [0.29, 0.717) is 38.2 Å². The largest absolute Gasteiger partial charge is 0.573 e. The van der Waals surface area contributed by atoms with E-state index < -0.39 is 12.4 Å². The molecule has 1 aromatic carbocycles. The second-order valence-corrected chi connectivity index (χ2v) is 6.84. The Kier molecular flexibility index (Phi) is 7.68. The fourth-order valence-corrected chi connectivity index (χ4v) is 3.09. The molecule has 6 nitrogen and oxygen atoms in total. The molecule has 0 aromatic heterocycles. The average Bonchev–Trinajstić information content (AvgIpc) is 2.66. The van der Waals surface area contributed by atoms with Gasteiger partial charge in [0.05, 0.1) is 6.04 Å². The maximum Gasteiger partial charge on any atom is 0.573 e. The summed E-state index contributed by atoms with van der Waals surface area (Å²) in [5.74, 6) is -0.556. The number of ether oxygens (including phenoxy) is 1. The highest BCUT2D eigenvalue weighted by Gasteiger charge is 2.31. The van der Waals surface area contributed by atoms with Crippen molar-refractivity contribution < 1.29 is 27.5 Å². The molecule has 1 aromatic rings. The number of likely N-dealkylation sites (tertiary alicyclic amines) is 1. The van der Waals surface area contributed by atoms with Crippen LogP contribution in [-0.2, 0) is 9.59 Å². The smallest absolute Gasteiger partial charge is 0.406 e. The Morgan fingerprint density at radius 3 is 2.36 bits per heavy atom. The maximum atomic E-state index is 12.4. The second-order valence-electron chi connectivity index (χ2n) is 6.84. The van der Waals surface area contributed by atoms with Crippen LogP contribution in [0.25, 0.3) is 0 Å². The van der Waals surface area contributed by atoms with Crippen molar-refractivity contribution in [3.63, 3.8) is 0 Å². The van der Waals surface area contributed by atoms with Crippen LogP contribution in [0.5, 0.6) is 5.75 Å². The highest BCUT2D eigenvalue weighted by molar-refractivity contribution is 5.94. The molecule has 1 heterocycles. The van der Waals surface area contributed by atoms with Gasteiger partial charge in [0.15, 0.2) is 0 Å². The van der Waals surface area contributed by atoms with Crippen molar-refractivity contribution in [3.8, 4) is 5.75 Å². The zero-order chi connectivity index (χ0) is 20.7. The number of nitrogens with zero attached hydrogens (tertiary/aromatic N) is 1. The van der Waals surface area contributed by atoms with Gasteiger partial charge in [-0.15, -0.1) is 13.2 Å². The first-order valence-electron chi connectivity index (χ1n) is 9.38. The van der Waals surface area contributed by atoms with Crippen LogP contribution in [0, 0.1) is 5.92 Å². The number of hydrogen-bond acceptors (Lipinski definition) is 4. The van der Waals surface area contributed by atoms with Gasteiger partial charge in [0.25, 0.3) is 0 Å². The first-order chi connectivity index (χ1) is 13.2. The highest BCUT2D eigenvalue weighted by atomic mass is 19.4. The SMILES string of the molecule is CCCNC(=O)C1CCN(C(C)C(=O)Nc2ccc(OC(F)(F)F)cc2)CC1. The Labute approximate surface area is 162 Å². The lowest BCUT2D eigenvalue weighted by atomic mass is 9.95. The van der Waals surface area contributed by atoms with Crippen molar-refractivity contribution in [2.75, 3.05) is 25.0 Å². The molecule has 0 radical (unpaired) electrons. The number of anilines is 1.